The number of ether oxygens (including phenoxy) is 1. The van der Waals surface area contributed by atoms with Gasteiger partial charge in [0.2, 0.25) is 0 Å². The maximum atomic E-state index is 12.4. The Bertz CT molecular complexity index is 750. The fourth-order valence-corrected chi connectivity index (χ4v) is 3.14. The highest BCUT2D eigenvalue weighted by Crippen LogP contribution is 2.25. The summed E-state index contributed by atoms with van der Waals surface area (Å²) in [6.45, 7) is 8.09. The van der Waals surface area contributed by atoms with Crippen LogP contribution < -0.4 is 4.90 Å². The molecule has 0 radical (unpaired) electrons. The summed E-state index contributed by atoms with van der Waals surface area (Å²) in [6, 6.07) is 4.04. The second-order valence-corrected chi connectivity index (χ2v) is 6.44. The monoisotopic (exact) mass is 327 g/mol. The average Bonchev–Trinajstić information content (AvgIpc) is 2.84. The van der Waals surface area contributed by atoms with Gasteiger partial charge in [-0.25, -0.2) is 14.8 Å². The van der Waals surface area contributed by atoms with Crippen LogP contribution in [0.2, 0.25) is 0 Å². The Morgan fingerprint density at radius 2 is 1.62 bits per heavy atom. The first-order valence-electron chi connectivity index (χ1n) is 8.81. The van der Waals surface area contributed by atoms with Crippen molar-refractivity contribution in [2.24, 2.45) is 0 Å². The molecule has 1 saturated heterocycles. The molecule has 24 heavy (non-hydrogen) atoms. The number of esters is 1. The van der Waals surface area contributed by atoms with Crippen molar-refractivity contribution in [3.8, 4) is 0 Å². The second-order valence-electron chi connectivity index (χ2n) is 6.44. The zero-order valence-electron chi connectivity index (χ0n) is 14.8. The van der Waals surface area contributed by atoms with Crippen molar-refractivity contribution >= 4 is 22.8 Å². The third kappa shape index (κ3) is 3.35. The first kappa shape index (κ1) is 16.7. The molecule has 2 heterocycles. The van der Waals surface area contributed by atoms with Crippen LogP contribution in [0.15, 0.2) is 12.1 Å². The predicted molar refractivity (Wildman–Crippen MR) is 95.6 cm³/mol. The van der Waals surface area contributed by atoms with Crippen molar-refractivity contribution in [2.75, 3.05) is 24.6 Å². The highest BCUT2D eigenvalue weighted by Gasteiger charge is 2.23. The lowest BCUT2D eigenvalue weighted by atomic mass is 10.1. The Morgan fingerprint density at radius 3 is 2.21 bits per heavy atom. The number of anilines is 1. The lowest BCUT2D eigenvalue weighted by Crippen LogP contribution is -2.28. The number of carbonyl (C=O) groups excluding carboxylic acids is 1. The van der Waals surface area contributed by atoms with Gasteiger partial charge in [-0.15, -0.1) is 0 Å². The summed E-state index contributed by atoms with van der Waals surface area (Å²) in [4.78, 5) is 24.1. The molecule has 1 aliphatic heterocycles. The first-order chi connectivity index (χ1) is 11.6. The maximum Gasteiger partial charge on any atom is 0.360 e. The van der Waals surface area contributed by atoms with E-state index in [1.165, 1.54) is 18.4 Å². The zero-order valence-corrected chi connectivity index (χ0v) is 14.8. The molecule has 0 bridgehead atoms. The predicted octanol–water partition coefficient (Wildman–Crippen LogP) is 3.80. The summed E-state index contributed by atoms with van der Waals surface area (Å²) in [5, 5.41) is 0. The van der Waals surface area contributed by atoms with Crippen molar-refractivity contribution in [1.29, 1.82) is 0 Å². The molecule has 5 heteroatoms. The molecule has 0 N–H and O–H groups in total. The number of benzene rings is 1. The highest BCUT2D eigenvalue weighted by molar-refractivity contribution is 5.95. The Morgan fingerprint density at radius 1 is 1.04 bits per heavy atom. The van der Waals surface area contributed by atoms with E-state index in [4.69, 9.17) is 9.72 Å². The minimum absolute atomic E-state index is 0.338. The van der Waals surface area contributed by atoms with E-state index in [0.29, 0.717) is 18.1 Å². The summed E-state index contributed by atoms with van der Waals surface area (Å²) in [5.41, 5.74) is 4.26. The van der Waals surface area contributed by atoms with E-state index in [0.717, 1.165) is 42.5 Å². The van der Waals surface area contributed by atoms with Crippen LogP contribution in [0.25, 0.3) is 11.0 Å². The smallest absolute Gasteiger partial charge is 0.360 e. The summed E-state index contributed by atoms with van der Waals surface area (Å²) >= 11 is 0. The molecule has 0 spiro atoms. The lowest BCUT2D eigenvalue weighted by Gasteiger charge is -2.23. The van der Waals surface area contributed by atoms with Gasteiger partial charge in [0.25, 0.3) is 0 Å². The summed E-state index contributed by atoms with van der Waals surface area (Å²) in [6.07, 6.45) is 4.69. The van der Waals surface area contributed by atoms with Crippen LogP contribution in [0.1, 0.15) is 54.2 Å². The number of fused-ring (bicyclic) bond motifs is 1. The van der Waals surface area contributed by atoms with Crippen molar-refractivity contribution in [2.45, 2.75) is 46.5 Å². The molecule has 1 aliphatic rings. The van der Waals surface area contributed by atoms with Gasteiger partial charge in [-0.1, -0.05) is 12.8 Å². The van der Waals surface area contributed by atoms with E-state index in [1.54, 1.807) is 0 Å². The first-order valence-corrected chi connectivity index (χ1v) is 8.81. The molecule has 0 atom stereocenters. The number of rotatable bonds is 3. The molecule has 5 nitrogen and oxygen atoms in total. The summed E-state index contributed by atoms with van der Waals surface area (Å²) < 4.78 is 5.23. The minimum Gasteiger partial charge on any atom is -0.461 e. The molecule has 0 amide bonds. The van der Waals surface area contributed by atoms with Crippen LogP contribution in [-0.4, -0.2) is 35.6 Å². The zero-order chi connectivity index (χ0) is 17.1. The Labute approximate surface area is 143 Å². The van der Waals surface area contributed by atoms with Crippen LogP contribution in [0.3, 0.4) is 0 Å². The SMILES string of the molecule is CCOC(=O)c1nc2cc(C)c(C)cc2nc1N1CCCCCC1. The van der Waals surface area contributed by atoms with Crippen molar-refractivity contribution < 1.29 is 9.53 Å². The van der Waals surface area contributed by atoms with Crippen molar-refractivity contribution in [3.05, 3.63) is 29.0 Å². The van der Waals surface area contributed by atoms with Gasteiger partial charge in [0.15, 0.2) is 11.5 Å². The fourth-order valence-electron chi connectivity index (χ4n) is 3.14. The van der Waals surface area contributed by atoms with Crippen LogP contribution >= 0.6 is 0 Å². The Hall–Kier alpha value is -2.17. The molecule has 0 aliphatic carbocycles. The van der Waals surface area contributed by atoms with E-state index in [2.05, 4.69) is 16.8 Å². The van der Waals surface area contributed by atoms with Gasteiger partial charge in [-0.05, 0) is 56.9 Å². The summed E-state index contributed by atoms with van der Waals surface area (Å²) in [5.74, 6) is 0.287. The molecule has 3 rings (SSSR count). The third-order valence-corrected chi connectivity index (χ3v) is 4.64. The molecular weight excluding hydrogens is 302 g/mol. The molecule has 0 saturated carbocycles. The van der Waals surface area contributed by atoms with Crippen LogP contribution in [0, 0.1) is 13.8 Å². The van der Waals surface area contributed by atoms with Gasteiger partial charge in [0.1, 0.15) is 0 Å². The number of nitrogens with zero attached hydrogens (tertiary/aromatic N) is 3. The standard InChI is InChI=1S/C19H25N3O2/c1-4-24-19(23)17-18(22-9-7-5-6-8-10-22)21-16-12-14(3)13(2)11-15(16)20-17/h11-12H,4-10H2,1-3H3. The largest absolute Gasteiger partial charge is 0.461 e. The molecule has 1 aromatic carbocycles. The second kappa shape index (κ2) is 7.16. The van der Waals surface area contributed by atoms with Gasteiger partial charge in [-0.3, -0.25) is 0 Å². The Balaban J connectivity index is 2.13. The fraction of sp³-hybridized carbons (Fsp3) is 0.526. The van der Waals surface area contributed by atoms with E-state index in [1.807, 2.05) is 26.0 Å². The molecule has 128 valence electrons. The van der Waals surface area contributed by atoms with Gasteiger partial charge in [0.05, 0.1) is 17.6 Å². The van der Waals surface area contributed by atoms with Crippen molar-refractivity contribution in [1.82, 2.24) is 9.97 Å². The summed E-state index contributed by atoms with van der Waals surface area (Å²) in [7, 11) is 0. The van der Waals surface area contributed by atoms with Gasteiger partial charge >= 0.3 is 5.97 Å². The Kier molecular flexibility index (Phi) is 4.97. The van der Waals surface area contributed by atoms with Gasteiger partial charge < -0.3 is 9.64 Å². The average molecular weight is 327 g/mol. The number of hydrogen-bond acceptors (Lipinski definition) is 5. The number of aryl methyl sites for hydroxylation is 2. The van der Waals surface area contributed by atoms with Crippen LogP contribution in [0.4, 0.5) is 5.82 Å². The molecule has 0 unspecified atom stereocenters. The van der Waals surface area contributed by atoms with Gasteiger partial charge in [0, 0.05) is 13.1 Å². The highest BCUT2D eigenvalue weighted by atomic mass is 16.5. The van der Waals surface area contributed by atoms with E-state index in [-0.39, 0.29) is 5.97 Å². The van der Waals surface area contributed by atoms with Crippen LogP contribution in [0.5, 0.6) is 0 Å². The molecule has 2 aromatic rings. The molecule has 1 fully saturated rings. The normalized spacial score (nSPS) is 15.4. The third-order valence-electron chi connectivity index (χ3n) is 4.64. The van der Waals surface area contributed by atoms with E-state index < -0.39 is 0 Å². The van der Waals surface area contributed by atoms with Crippen molar-refractivity contribution in [3.63, 3.8) is 0 Å². The minimum atomic E-state index is -0.385. The van der Waals surface area contributed by atoms with Gasteiger partial charge in [-0.2, -0.15) is 0 Å². The number of hydrogen-bond donors (Lipinski definition) is 0. The number of carbonyl (C=O) groups is 1. The molecule has 1 aromatic heterocycles. The van der Waals surface area contributed by atoms with Crippen LogP contribution in [-0.2, 0) is 4.74 Å². The maximum absolute atomic E-state index is 12.4. The topological polar surface area (TPSA) is 55.3 Å². The lowest BCUT2D eigenvalue weighted by molar-refractivity contribution is 0.0520. The quantitative estimate of drug-likeness (QED) is 0.803. The van der Waals surface area contributed by atoms with E-state index in [9.17, 15) is 4.79 Å². The number of aromatic nitrogens is 2. The van der Waals surface area contributed by atoms with E-state index >= 15 is 0 Å². The molecular formula is C19H25N3O2.